The van der Waals surface area contributed by atoms with Gasteiger partial charge in [-0.15, -0.1) is 5.73 Å². The van der Waals surface area contributed by atoms with Gasteiger partial charge in [0.05, 0.1) is 34.4 Å². The molecular weight excluding hydrogens is 576 g/mol. The zero-order valence-electron chi connectivity index (χ0n) is 23.8. The first-order valence-corrected chi connectivity index (χ1v) is 13.1. The summed E-state index contributed by atoms with van der Waals surface area (Å²) < 4.78 is 0. The van der Waals surface area contributed by atoms with Crippen LogP contribution in [0.4, 0.5) is 5.69 Å². The van der Waals surface area contributed by atoms with E-state index in [0.717, 1.165) is 0 Å². The summed E-state index contributed by atoms with van der Waals surface area (Å²) in [5.41, 5.74) is 4.13. The molecule has 10 nitrogen and oxygen atoms in total. The molecule has 0 aliphatic heterocycles. The van der Waals surface area contributed by atoms with Crippen molar-refractivity contribution in [1.82, 2.24) is 0 Å². The van der Waals surface area contributed by atoms with E-state index < -0.39 is 23.4 Å². The Balaban J connectivity index is 1.77. The largest absolute Gasteiger partial charge is 0.518 e. The highest BCUT2D eigenvalue weighted by atomic mass is 16.4. The van der Waals surface area contributed by atoms with Gasteiger partial charge >= 0.3 is 11.9 Å². The number of phenols is 4. The van der Waals surface area contributed by atoms with Crippen molar-refractivity contribution in [3.63, 3.8) is 0 Å². The van der Waals surface area contributed by atoms with Crippen LogP contribution < -0.4 is 0 Å². The summed E-state index contributed by atoms with van der Waals surface area (Å²) in [6.45, 7) is 10.6. The Morgan fingerprint density at radius 3 is 1.71 bits per heavy atom. The van der Waals surface area contributed by atoms with Gasteiger partial charge in [0.2, 0.25) is 5.69 Å². The van der Waals surface area contributed by atoms with Gasteiger partial charge in [0.15, 0.2) is 0 Å². The molecule has 0 aliphatic carbocycles. The standard InChI is InChI=1S/C35H24N2O8/c1-18-24(30(38)27(32(40)26(18)17-36)20-9-13-22(14-10-20)34(42)43)7-5-4-6-8-25-19(2)29(37-3)33(41)28(31(25)39)21-11-15-23(16-12-21)35(44)45/h4-5,7-16,38-41H,1-2H3,(H,42,43)(H,44,45). The molecule has 0 unspecified atom stereocenters. The van der Waals surface area contributed by atoms with Crippen molar-refractivity contribution in [1.29, 1.82) is 5.26 Å². The lowest BCUT2D eigenvalue weighted by atomic mass is 9.92. The Kier molecular flexibility index (Phi) is 8.76. The normalized spacial score (nSPS) is 10.5. The molecule has 0 amide bonds. The minimum atomic E-state index is -1.15. The van der Waals surface area contributed by atoms with Gasteiger partial charge in [-0.25, -0.2) is 14.4 Å². The van der Waals surface area contributed by atoms with Crippen molar-refractivity contribution < 1.29 is 40.2 Å². The Morgan fingerprint density at radius 2 is 1.24 bits per heavy atom. The van der Waals surface area contributed by atoms with Crippen molar-refractivity contribution in [2.24, 2.45) is 0 Å². The summed E-state index contributed by atoms with van der Waals surface area (Å²) in [6, 6.07) is 12.8. The molecule has 0 atom stereocenters. The molecule has 0 aliphatic rings. The Bertz CT molecular complexity index is 2050. The summed E-state index contributed by atoms with van der Waals surface area (Å²) in [4.78, 5) is 25.8. The fourth-order valence-corrected chi connectivity index (χ4v) is 4.80. The number of nitriles is 1. The maximum absolute atomic E-state index is 11.2. The van der Waals surface area contributed by atoms with E-state index in [1.54, 1.807) is 13.8 Å². The molecule has 10 heteroatoms. The maximum atomic E-state index is 11.2. The van der Waals surface area contributed by atoms with Crippen molar-refractivity contribution >= 4 is 29.8 Å². The number of carboxylic acid groups (broad SMARTS) is 2. The van der Waals surface area contributed by atoms with Gasteiger partial charge in [0.25, 0.3) is 0 Å². The van der Waals surface area contributed by atoms with Crippen LogP contribution in [0.2, 0.25) is 0 Å². The molecule has 4 aromatic rings. The first-order valence-electron chi connectivity index (χ1n) is 13.1. The minimum absolute atomic E-state index is 0.00373. The monoisotopic (exact) mass is 600 g/mol. The van der Waals surface area contributed by atoms with Gasteiger partial charge in [0, 0.05) is 11.1 Å². The van der Waals surface area contributed by atoms with E-state index in [1.807, 2.05) is 6.07 Å². The molecule has 0 bridgehead atoms. The molecule has 0 radical (unpaired) electrons. The Labute approximate surface area is 257 Å². The van der Waals surface area contributed by atoms with Gasteiger partial charge in [-0.05, 0) is 72.5 Å². The van der Waals surface area contributed by atoms with E-state index in [-0.39, 0.29) is 61.7 Å². The highest BCUT2D eigenvalue weighted by Crippen LogP contribution is 2.49. The van der Waals surface area contributed by atoms with Crippen LogP contribution in [0.3, 0.4) is 0 Å². The molecule has 6 N–H and O–H groups in total. The second-order valence-corrected chi connectivity index (χ2v) is 9.77. The molecule has 0 heterocycles. The summed E-state index contributed by atoms with van der Waals surface area (Å²) >= 11 is 0. The second kappa shape index (κ2) is 12.6. The van der Waals surface area contributed by atoms with Crippen LogP contribution in [-0.4, -0.2) is 42.6 Å². The zero-order valence-corrected chi connectivity index (χ0v) is 23.8. The molecule has 222 valence electrons. The number of rotatable bonds is 7. The lowest BCUT2D eigenvalue weighted by Crippen LogP contribution is -1.97. The predicted octanol–water partition coefficient (Wildman–Crippen LogP) is 7.16. The van der Waals surface area contributed by atoms with Gasteiger partial charge in [0.1, 0.15) is 29.1 Å². The van der Waals surface area contributed by atoms with Crippen LogP contribution in [0.15, 0.2) is 66.4 Å². The average Bonchev–Trinajstić information content (AvgIpc) is 3.01. The third-order valence-corrected chi connectivity index (χ3v) is 7.20. The number of nitrogens with zero attached hydrogens (tertiary/aromatic N) is 2. The van der Waals surface area contributed by atoms with Crippen LogP contribution in [0.5, 0.6) is 23.0 Å². The molecule has 0 aromatic heterocycles. The Morgan fingerprint density at radius 1 is 0.756 bits per heavy atom. The van der Waals surface area contributed by atoms with E-state index in [0.29, 0.717) is 16.7 Å². The predicted molar refractivity (Wildman–Crippen MR) is 166 cm³/mol. The highest BCUT2D eigenvalue weighted by molar-refractivity contribution is 5.93. The average molecular weight is 601 g/mol. The van der Waals surface area contributed by atoms with E-state index in [2.05, 4.69) is 10.6 Å². The lowest BCUT2D eigenvalue weighted by Gasteiger charge is -2.15. The minimum Gasteiger partial charge on any atom is -0.518 e. The van der Waals surface area contributed by atoms with Crippen LogP contribution in [0, 0.1) is 31.8 Å². The molecule has 4 rings (SSSR count). The number of hydrogen-bond donors (Lipinski definition) is 6. The maximum Gasteiger partial charge on any atom is 0.335 e. The van der Waals surface area contributed by atoms with Crippen LogP contribution in [0.25, 0.3) is 39.3 Å². The quantitative estimate of drug-likeness (QED) is 0.0727. The van der Waals surface area contributed by atoms with Gasteiger partial charge in [-0.3, -0.25) is 0 Å². The summed E-state index contributed by atoms with van der Waals surface area (Å²) in [6.07, 6.45) is 5.79. The smallest absolute Gasteiger partial charge is 0.335 e. The van der Waals surface area contributed by atoms with E-state index in [4.69, 9.17) is 6.57 Å². The number of allylic oxidation sites excluding steroid dienone is 2. The van der Waals surface area contributed by atoms with Crippen molar-refractivity contribution in [3.8, 4) is 51.3 Å². The number of hydrogen-bond acceptors (Lipinski definition) is 7. The zero-order chi connectivity index (χ0) is 33.0. The first kappa shape index (κ1) is 31.2. The van der Waals surface area contributed by atoms with Crippen molar-refractivity contribution in [3.05, 3.63) is 117 Å². The first-order chi connectivity index (χ1) is 21.4. The number of aromatic carboxylic acids is 2. The fourth-order valence-electron chi connectivity index (χ4n) is 4.80. The van der Waals surface area contributed by atoms with Crippen LogP contribution in [-0.2, 0) is 0 Å². The second-order valence-electron chi connectivity index (χ2n) is 9.77. The highest BCUT2D eigenvalue weighted by Gasteiger charge is 2.23. The number of phenolic OH excluding ortho intramolecular Hbond substituents is 4. The topological polar surface area (TPSA) is 184 Å². The Hall–Kier alpha value is -6.74. The molecule has 0 saturated heterocycles. The molecule has 4 aromatic carbocycles. The van der Waals surface area contributed by atoms with E-state index in [9.17, 15) is 45.5 Å². The van der Waals surface area contributed by atoms with Crippen LogP contribution in [0.1, 0.15) is 48.5 Å². The van der Waals surface area contributed by atoms with Gasteiger partial charge in [-0.1, -0.05) is 36.4 Å². The lowest BCUT2D eigenvalue weighted by molar-refractivity contribution is 0.0686. The molecule has 0 saturated carbocycles. The molecule has 0 spiro atoms. The van der Waals surface area contributed by atoms with E-state index in [1.165, 1.54) is 72.8 Å². The number of carboxylic acids is 2. The van der Waals surface area contributed by atoms with E-state index >= 15 is 0 Å². The summed E-state index contributed by atoms with van der Waals surface area (Å²) in [7, 11) is 0. The fraction of sp³-hybridized carbons (Fsp3) is 0.0571. The SMILES string of the molecule is [C-]#[N+]c1c(C)c(C=C=CC=Cc2c(C)c(C#N)c(O)c(-c3ccc(C(=O)O)cc3)c2O)c(O)c(-c2ccc(C(=O)O)cc2)c1O. The number of carbonyl (C=O) groups is 2. The molecular formula is C35H24N2O8. The number of aromatic hydroxyl groups is 4. The van der Waals surface area contributed by atoms with Crippen LogP contribution >= 0.6 is 0 Å². The van der Waals surface area contributed by atoms with Gasteiger partial charge in [-0.2, -0.15) is 5.26 Å². The summed E-state index contributed by atoms with van der Waals surface area (Å²) in [5.74, 6) is -3.89. The third-order valence-electron chi connectivity index (χ3n) is 7.20. The number of benzene rings is 4. The van der Waals surface area contributed by atoms with Crippen molar-refractivity contribution in [2.45, 2.75) is 13.8 Å². The van der Waals surface area contributed by atoms with Crippen molar-refractivity contribution in [2.75, 3.05) is 0 Å². The molecule has 45 heavy (non-hydrogen) atoms. The van der Waals surface area contributed by atoms with Gasteiger partial charge < -0.3 is 30.6 Å². The molecule has 0 fully saturated rings. The third kappa shape index (κ3) is 5.81. The summed E-state index contributed by atoms with van der Waals surface area (Å²) in [5, 5.41) is 71.7.